The third kappa shape index (κ3) is 4.39. The van der Waals surface area contributed by atoms with Crippen molar-refractivity contribution in [2.24, 2.45) is 5.41 Å². The summed E-state index contributed by atoms with van der Waals surface area (Å²) in [6.07, 6.45) is 7.75. The zero-order valence-electron chi connectivity index (χ0n) is 16.0. The van der Waals surface area contributed by atoms with Gasteiger partial charge >= 0.3 is 0 Å². The predicted octanol–water partition coefficient (Wildman–Crippen LogP) is 2.60. The van der Waals surface area contributed by atoms with Gasteiger partial charge in [0.2, 0.25) is 0 Å². The number of benzene rings is 1. The van der Waals surface area contributed by atoms with Crippen LogP contribution in [0.25, 0.3) is 0 Å². The Morgan fingerprint density at radius 3 is 2.81 bits per heavy atom. The van der Waals surface area contributed by atoms with Crippen molar-refractivity contribution in [2.45, 2.75) is 19.4 Å². The first-order valence-electron chi connectivity index (χ1n) is 9.70. The molecule has 6 nitrogen and oxygen atoms in total. The number of likely N-dealkylation sites (tertiary alicyclic amines) is 1. The lowest BCUT2D eigenvalue weighted by molar-refractivity contribution is 0.0106. The Balaban J connectivity index is 1.46. The van der Waals surface area contributed by atoms with Crippen molar-refractivity contribution in [3.05, 3.63) is 48.4 Å². The van der Waals surface area contributed by atoms with Crippen LogP contribution in [-0.2, 0) is 11.3 Å². The van der Waals surface area contributed by atoms with E-state index in [0.29, 0.717) is 0 Å². The molecule has 2 fully saturated rings. The fourth-order valence-corrected chi connectivity index (χ4v) is 4.32. The molecule has 1 aromatic carbocycles. The minimum absolute atomic E-state index is 0.152. The molecule has 1 atom stereocenters. The van der Waals surface area contributed by atoms with E-state index in [1.54, 1.807) is 19.5 Å². The maximum atomic E-state index is 6.04. The van der Waals surface area contributed by atoms with Crippen LogP contribution in [0.3, 0.4) is 0 Å². The predicted molar refractivity (Wildman–Crippen MR) is 105 cm³/mol. The molecule has 2 aromatic rings. The molecule has 0 radical (unpaired) electrons. The molecule has 2 saturated heterocycles. The third-order valence-corrected chi connectivity index (χ3v) is 5.62. The molecule has 0 amide bonds. The summed E-state index contributed by atoms with van der Waals surface area (Å²) in [5, 5.41) is 0. The number of anilines is 1. The molecule has 1 spiro atoms. The number of ether oxygens (including phenoxy) is 2. The van der Waals surface area contributed by atoms with E-state index >= 15 is 0 Å². The number of hydrogen-bond donors (Lipinski definition) is 0. The Bertz CT molecular complexity index is 725. The van der Waals surface area contributed by atoms with Gasteiger partial charge < -0.3 is 14.4 Å². The number of hydrogen-bond acceptors (Lipinski definition) is 6. The third-order valence-electron chi connectivity index (χ3n) is 5.62. The Hall–Kier alpha value is -2.18. The van der Waals surface area contributed by atoms with E-state index in [2.05, 4.69) is 31.9 Å². The largest absolute Gasteiger partial charge is 0.497 e. The second kappa shape index (κ2) is 8.23. The number of rotatable bonds is 4. The van der Waals surface area contributed by atoms with E-state index in [9.17, 15) is 0 Å². The molecule has 27 heavy (non-hydrogen) atoms. The van der Waals surface area contributed by atoms with Gasteiger partial charge in [0.1, 0.15) is 11.6 Å². The van der Waals surface area contributed by atoms with Crippen molar-refractivity contribution in [1.29, 1.82) is 0 Å². The average Bonchev–Trinajstić information content (AvgIpc) is 2.92. The molecule has 6 heteroatoms. The summed E-state index contributed by atoms with van der Waals surface area (Å²) in [4.78, 5) is 13.7. The fraction of sp³-hybridized carbons (Fsp3) is 0.524. The monoisotopic (exact) mass is 368 g/mol. The minimum atomic E-state index is 0.152. The highest BCUT2D eigenvalue weighted by molar-refractivity contribution is 5.36. The lowest BCUT2D eigenvalue weighted by Crippen LogP contribution is -2.50. The maximum Gasteiger partial charge on any atom is 0.147 e. The summed E-state index contributed by atoms with van der Waals surface area (Å²) in [5.41, 5.74) is 1.48. The molecule has 4 rings (SSSR count). The van der Waals surface area contributed by atoms with Crippen LogP contribution < -0.4 is 9.64 Å². The summed E-state index contributed by atoms with van der Waals surface area (Å²) in [6, 6.07) is 8.41. The Morgan fingerprint density at radius 1 is 1.15 bits per heavy atom. The Kier molecular flexibility index (Phi) is 5.55. The van der Waals surface area contributed by atoms with Crippen LogP contribution >= 0.6 is 0 Å². The van der Waals surface area contributed by atoms with Gasteiger partial charge in [0.25, 0.3) is 0 Å². The second-order valence-electron chi connectivity index (χ2n) is 7.70. The van der Waals surface area contributed by atoms with Crippen molar-refractivity contribution in [2.75, 3.05) is 51.4 Å². The molecule has 2 aliphatic rings. The minimum Gasteiger partial charge on any atom is -0.497 e. The van der Waals surface area contributed by atoms with Gasteiger partial charge in [0.05, 0.1) is 26.5 Å². The van der Waals surface area contributed by atoms with Crippen LogP contribution in [0.1, 0.15) is 18.4 Å². The standard InChI is InChI=1S/C21H28N4O2/c1-26-19-5-3-18(4-6-19)14-24-10-2-7-21(15-24)16-25(11-12-27-17-21)20-13-22-8-9-23-20/h3-6,8-9,13H,2,7,10-12,14-17H2,1H3/t21-/m1/s1. The van der Waals surface area contributed by atoms with Crippen LogP contribution in [0.2, 0.25) is 0 Å². The highest BCUT2D eigenvalue weighted by Crippen LogP contribution is 2.34. The summed E-state index contributed by atoms with van der Waals surface area (Å²) < 4.78 is 11.3. The average molecular weight is 368 g/mol. The SMILES string of the molecule is COc1ccc(CN2CCC[C@@]3(COCCN(c4cnccn4)C3)C2)cc1. The van der Waals surface area contributed by atoms with E-state index in [4.69, 9.17) is 9.47 Å². The normalized spacial score (nSPS) is 24.0. The number of methoxy groups -OCH3 is 1. The highest BCUT2D eigenvalue weighted by atomic mass is 16.5. The molecule has 3 heterocycles. The van der Waals surface area contributed by atoms with Gasteiger partial charge in [-0.15, -0.1) is 0 Å². The molecule has 0 saturated carbocycles. The van der Waals surface area contributed by atoms with E-state index < -0.39 is 0 Å². The van der Waals surface area contributed by atoms with Gasteiger partial charge in [-0.2, -0.15) is 0 Å². The van der Waals surface area contributed by atoms with Crippen molar-refractivity contribution in [1.82, 2.24) is 14.9 Å². The van der Waals surface area contributed by atoms with Crippen molar-refractivity contribution in [3.63, 3.8) is 0 Å². The van der Waals surface area contributed by atoms with Gasteiger partial charge in [0.15, 0.2) is 0 Å². The zero-order valence-corrected chi connectivity index (χ0v) is 16.0. The van der Waals surface area contributed by atoms with Crippen LogP contribution in [0, 0.1) is 5.41 Å². The smallest absolute Gasteiger partial charge is 0.147 e. The van der Waals surface area contributed by atoms with E-state index in [-0.39, 0.29) is 5.41 Å². The van der Waals surface area contributed by atoms with E-state index in [1.807, 2.05) is 18.3 Å². The molecule has 0 N–H and O–H groups in total. The van der Waals surface area contributed by atoms with Gasteiger partial charge in [-0.25, -0.2) is 4.98 Å². The maximum absolute atomic E-state index is 6.04. The Labute approximate surface area is 161 Å². The van der Waals surface area contributed by atoms with Crippen molar-refractivity contribution in [3.8, 4) is 5.75 Å². The van der Waals surface area contributed by atoms with Crippen LogP contribution in [0.4, 0.5) is 5.82 Å². The summed E-state index contributed by atoms with van der Waals surface area (Å²) in [7, 11) is 1.71. The first-order valence-corrected chi connectivity index (χ1v) is 9.70. The first-order chi connectivity index (χ1) is 13.3. The zero-order chi connectivity index (χ0) is 18.5. The molecule has 0 bridgehead atoms. The van der Waals surface area contributed by atoms with E-state index in [1.165, 1.54) is 18.4 Å². The fourth-order valence-electron chi connectivity index (χ4n) is 4.32. The molecular weight excluding hydrogens is 340 g/mol. The number of aromatic nitrogens is 2. The summed E-state index contributed by atoms with van der Waals surface area (Å²) >= 11 is 0. The van der Waals surface area contributed by atoms with Crippen molar-refractivity contribution >= 4 is 5.82 Å². The molecule has 2 aliphatic heterocycles. The van der Waals surface area contributed by atoms with Gasteiger partial charge in [-0.3, -0.25) is 9.88 Å². The van der Waals surface area contributed by atoms with Crippen molar-refractivity contribution < 1.29 is 9.47 Å². The first kappa shape index (κ1) is 18.2. The number of nitrogens with zero attached hydrogens (tertiary/aromatic N) is 4. The second-order valence-corrected chi connectivity index (χ2v) is 7.70. The Morgan fingerprint density at radius 2 is 2.04 bits per heavy atom. The van der Waals surface area contributed by atoms with E-state index in [0.717, 1.165) is 57.5 Å². The molecule has 0 unspecified atom stereocenters. The molecule has 0 aliphatic carbocycles. The molecular formula is C21H28N4O2. The molecule has 1 aromatic heterocycles. The molecule has 144 valence electrons. The van der Waals surface area contributed by atoms with Crippen LogP contribution in [0.15, 0.2) is 42.9 Å². The lowest BCUT2D eigenvalue weighted by atomic mass is 9.80. The summed E-state index contributed by atoms with van der Waals surface area (Å²) in [6.45, 7) is 6.58. The quantitative estimate of drug-likeness (QED) is 0.827. The van der Waals surface area contributed by atoms with Gasteiger partial charge in [0, 0.05) is 44.0 Å². The lowest BCUT2D eigenvalue weighted by Gasteiger charge is -2.43. The van der Waals surface area contributed by atoms with Crippen LogP contribution in [-0.4, -0.2) is 61.4 Å². The van der Waals surface area contributed by atoms with Gasteiger partial charge in [-0.1, -0.05) is 12.1 Å². The highest BCUT2D eigenvalue weighted by Gasteiger charge is 2.39. The van der Waals surface area contributed by atoms with Gasteiger partial charge in [-0.05, 0) is 37.1 Å². The topological polar surface area (TPSA) is 50.7 Å². The number of piperidine rings is 1. The van der Waals surface area contributed by atoms with Crippen LogP contribution in [0.5, 0.6) is 5.75 Å². The summed E-state index contributed by atoms with van der Waals surface area (Å²) in [5.74, 6) is 1.86.